The van der Waals surface area contributed by atoms with Gasteiger partial charge in [0.25, 0.3) is 0 Å². The van der Waals surface area contributed by atoms with E-state index in [0.29, 0.717) is 6.54 Å². The van der Waals surface area contributed by atoms with Gasteiger partial charge < -0.3 is 11.5 Å². The largest absolute Gasteiger partial charge is 0.329 e. The van der Waals surface area contributed by atoms with Crippen LogP contribution in [0.2, 0.25) is 5.02 Å². The molecule has 0 aliphatic heterocycles. The second kappa shape index (κ2) is 3.34. The SMILES string of the molecule is NCC(N)c1sccc1Cl. The normalized spacial score (nSPS) is 13.5. The molecule has 0 aromatic carbocycles. The first-order chi connectivity index (χ1) is 4.75. The van der Waals surface area contributed by atoms with E-state index in [1.54, 1.807) is 11.3 Å². The molecule has 0 radical (unpaired) electrons. The smallest absolute Gasteiger partial charge is 0.0561 e. The van der Waals surface area contributed by atoms with Crippen LogP contribution in [0.25, 0.3) is 0 Å². The van der Waals surface area contributed by atoms with Crippen molar-refractivity contribution in [1.82, 2.24) is 0 Å². The molecule has 4 heteroatoms. The van der Waals surface area contributed by atoms with Crippen LogP contribution in [0, 0.1) is 0 Å². The van der Waals surface area contributed by atoms with E-state index in [1.807, 2.05) is 11.4 Å². The number of thiophene rings is 1. The molecule has 1 aromatic rings. The average molecular weight is 177 g/mol. The van der Waals surface area contributed by atoms with Gasteiger partial charge in [0.2, 0.25) is 0 Å². The van der Waals surface area contributed by atoms with Crippen molar-refractivity contribution in [1.29, 1.82) is 0 Å². The fourth-order valence-electron chi connectivity index (χ4n) is 0.677. The number of rotatable bonds is 2. The third kappa shape index (κ3) is 1.49. The second-order valence-corrected chi connectivity index (χ2v) is 3.33. The first kappa shape index (κ1) is 8.01. The molecule has 1 unspecified atom stereocenters. The molecule has 0 saturated carbocycles. The monoisotopic (exact) mass is 176 g/mol. The lowest BCUT2D eigenvalue weighted by Gasteiger charge is -2.04. The molecule has 1 atom stereocenters. The summed E-state index contributed by atoms with van der Waals surface area (Å²) in [5.41, 5.74) is 11.0. The summed E-state index contributed by atoms with van der Waals surface area (Å²) < 4.78 is 0. The number of nitrogens with two attached hydrogens (primary N) is 2. The van der Waals surface area contributed by atoms with Crippen molar-refractivity contribution in [3.63, 3.8) is 0 Å². The minimum absolute atomic E-state index is 0.104. The zero-order valence-corrected chi connectivity index (χ0v) is 6.95. The standard InChI is InChI=1S/C6H9ClN2S/c7-4-1-2-10-6(4)5(9)3-8/h1-2,5H,3,8-9H2. The van der Waals surface area contributed by atoms with Crippen LogP contribution in [-0.2, 0) is 0 Å². The summed E-state index contributed by atoms with van der Waals surface area (Å²) in [6.45, 7) is 0.445. The minimum Gasteiger partial charge on any atom is -0.329 e. The third-order valence-corrected chi connectivity index (χ3v) is 2.73. The Morgan fingerprint density at radius 3 is 2.80 bits per heavy atom. The Morgan fingerprint density at radius 2 is 2.40 bits per heavy atom. The van der Waals surface area contributed by atoms with E-state index in [-0.39, 0.29) is 6.04 Å². The van der Waals surface area contributed by atoms with Crippen molar-refractivity contribution in [3.8, 4) is 0 Å². The molecule has 0 aliphatic carbocycles. The molecule has 1 rings (SSSR count). The van der Waals surface area contributed by atoms with Gasteiger partial charge in [-0.15, -0.1) is 11.3 Å². The number of hydrogen-bond acceptors (Lipinski definition) is 3. The predicted molar refractivity (Wildman–Crippen MR) is 45.3 cm³/mol. The van der Waals surface area contributed by atoms with Gasteiger partial charge in [-0.3, -0.25) is 0 Å². The van der Waals surface area contributed by atoms with Gasteiger partial charge in [0.15, 0.2) is 0 Å². The highest BCUT2D eigenvalue weighted by molar-refractivity contribution is 7.10. The molecule has 0 fully saturated rings. The number of halogens is 1. The van der Waals surface area contributed by atoms with E-state index in [4.69, 9.17) is 23.1 Å². The first-order valence-corrected chi connectivity index (χ1v) is 4.20. The average Bonchev–Trinajstić information content (AvgIpc) is 2.34. The molecule has 1 heterocycles. The van der Waals surface area contributed by atoms with E-state index in [9.17, 15) is 0 Å². The van der Waals surface area contributed by atoms with Gasteiger partial charge in [-0.2, -0.15) is 0 Å². The van der Waals surface area contributed by atoms with E-state index < -0.39 is 0 Å². The molecule has 1 aromatic heterocycles. The van der Waals surface area contributed by atoms with Crippen LogP contribution >= 0.6 is 22.9 Å². The van der Waals surface area contributed by atoms with E-state index in [1.165, 1.54) is 0 Å². The van der Waals surface area contributed by atoms with Gasteiger partial charge >= 0.3 is 0 Å². The summed E-state index contributed by atoms with van der Waals surface area (Å²) in [5, 5.41) is 2.63. The summed E-state index contributed by atoms with van der Waals surface area (Å²) >= 11 is 7.33. The molecule has 0 amide bonds. The molecule has 0 saturated heterocycles. The Morgan fingerprint density at radius 1 is 1.70 bits per heavy atom. The van der Waals surface area contributed by atoms with Gasteiger partial charge in [-0.25, -0.2) is 0 Å². The van der Waals surface area contributed by atoms with Crippen LogP contribution in [0.15, 0.2) is 11.4 Å². The molecule has 10 heavy (non-hydrogen) atoms. The summed E-state index contributed by atoms with van der Waals surface area (Å²) in [7, 11) is 0. The Balaban J connectivity index is 2.82. The van der Waals surface area contributed by atoms with Crippen molar-refractivity contribution >= 4 is 22.9 Å². The van der Waals surface area contributed by atoms with Crippen LogP contribution in [0.3, 0.4) is 0 Å². The zero-order valence-electron chi connectivity index (χ0n) is 5.38. The number of hydrogen-bond donors (Lipinski definition) is 2. The first-order valence-electron chi connectivity index (χ1n) is 2.94. The van der Waals surface area contributed by atoms with Crippen molar-refractivity contribution in [2.45, 2.75) is 6.04 Å². The van der Waals surface area contributed by atoms with Gasteiger partial charge in [0.05, 0.1) is 11.1 Å². The molecule has 0 spiro atoms. The van der Waals surface area contributed by atoms with Crippen molar-refractivity contribution < 1.29 is 0 Å². The summed E-state index contributed by atoms with van der Waals surface area (Å²) in [5.74, 6) is 0. The summed E-state index contributed by atoms with van der Waals surface area (Å²) in [6, 6.07) is 1.73. The van der Waals surface area contributed by atoms with Crippen molar-refractivity contribution in [2.24, 2.45) is 11.5 Å². The van der Waals surface area contributed by atoms with E-state index >= 15 is 0 Å². The van der Waals surface area contributed by atoms with Crippen LogP contribution < -0.4 is 11.5 Å². The summed E-state index contributed by atoms with van der Waals surface area (Å²) in [4.78, 5) is 0.976. The molecule has 4 N–H and O–H groups in total. The van der Waals surface area contributed by atoms with Crippen molar-refractivity contribution in [3.05, 3.63) is 21.3 Å². The lowest BCUT2D eigenvalue weighted by Crippen LogP contribution is -2.19. The van der Waals surface area contributed by atoms with Crippen LogP contribution in [-0.4, -0.2) is 6.54 Å². The molecule has 2 nitrogen and oxygen atoms in total. The van der Waals surface area contributed by atoms with E-state index in [0.717, 1.165) is 9.90 Å². The zero-order chi connectivity index (χ0) is 7.56. The quantitative estimate of drug-likeness (QED) is 0.715. The fraction of sp³-hybridized carbons (Fsp3) is 0.333. The summed E-state index contributed by atoms with van der Waals surface area (Å²) in [6.07, 6.45) is 0. The second-order valence-electron chi connectivity index (χ2n) is 1.97. The lowest BCUT2D eigenvalue weighted by molar-refractivity contribution is 0.752. The molecule has 56 valence electrons. The highest BCUT2D eigenvalue weighted by Gasteiger charge is 2.08. The predicted octanol–water partition coefficient (Wildman–Crippen LogP) is 1.36. The highest BCUT2D eigenvalue weighted by Crippen LogP contribution is 2.26. The fourth-order valence-corrected chi connectivity index (χ4v) is 1.89. The third-order valence-electron chi connectivity index (χ3n) is 1.24. The lowest BCUT2D eigenvalue weighted by atomic mass is 10.2. The minimum atomic E-state index is -0.104. The van der Waals surface area contributed by atoms with Gasteiger partial charge in [0, 0.05) is 11.4 Å². The maximum absolute atomic E-state index is 5.79. The Labute approximate surface area is 68.8 Å². The molecular formula is C6H9ClN2S. The van der Waals surface area contributed by atoms with Crippen LogP contribution in [0.5, 0.6) is 0 Å². The maximum atomic E-state index is 5.79. The van der Waals surface area contributed by atoms with Crippen LogP contribution in [0.1, 0.15) is 10.9 Å². The van der Waals surface area contributed by atoms with Gasteiger partial charge in [0.1, 0.15) is 0 Å². The van der Waals surface area contributed by atoms with Crippen molar-refractivity contribution in [2.75, 3.05) is 6.54 Å². The molecule has 0 aliphatic rings. The van der Waals surface area contributed by atoms with Gasteiger partial charge in [-0.05, 0) is 11.4 Å². The van der Waals surface area contributed by atoms with E-state index in [2.05, 4.69) is 0 Å². The molecular weight excluding hydrogens is 168 g/mol. The topological polar surface area (TPSA) is 52.0 Å². The Kier molecular flexibility index (Phi) is 2.68. The highest BCUT2D eigenvalue weighted by atomic mass is 35.5. The van der Waals surface area contributed by atoms with Gasteiger partial charge in [-0.1, -0.05) is 11.6 Å². The Bertz CT molecular complexity index is 211. The Hall–Kier alpha value is -0.0900. The molecule has 0 bridgehead atoms. The van der Waals surface area contributed by atoms with Crippen LogP contribution in [0.4, 0.5) is 0 Å². The maximum Gasteiger partial charge on any atom is 0.0561 e.